The zero-order valence-electron chi connectivity index (χ0n) is 15.2. The van der Waals surface area contributed by atoms with Gasteiger partial charge in [0.15, 0.2) is 11.0 Å². The number of aryl methyl sites for hydroxylation is 1. The van der Waals surface area contributed by atoms with E-state index in [2.05, 4.69) is 15.5 Å². The Kier molecular flexibility index (Phi) is 5.29. The summed E-state index contributed by atoms with van der Waals surface area (Å²) in [5.74, 6) is 2.26. The van der Waals surface area contributed by atoms with Gasteiger partial charge in [0, 0.05) is 5.69 Å². The molecule has 0 spiro atoms. The van der Waals surface area contributed by atoms with Crippen LogP contribution in [0.2, 0.25) is 0 Å². The number of carbonyl (C=O) groups excluding carboxylic acids is 1. The van der Waals surface area contributed by atoms with Gasteiger partial charge in [-0.2, -0.15) is 0 Å². The van der Waals surface area contributed by atoms with Crippen LogP contribution in [0, 0.1) is 6.92 Å². The standard InChI is InChI=1S/C20H18N4O3S/c1-14-17(9-11-26-14)19-22-23-20(24(19)15-6-3-2-4-7-15)28-13-18(25)21-12-16-8-5-10-27-16/h2-11H,12-13H2,1H3,(H,21,25). The van der Waals surface area contributed by atoms with Gasteiger partial charge >= 0.3 is 0 Å². The highest BCUT2D eigenvalue weighted by Crippen LogP contribution is 2.30. The lowest BCUT2D eigenvalue weighted by Gasteiger charge is -2.10. The predicted octanol–water partition coefficient (Wildman–Crippen LogP) is 3.84. The van der Waals surface area contributed by atoms with Crippen LogP contribution in [-0.4, -0.2) is 26.4 Å². The van der Waals surface area contributed by atoms with Gasteiger partial charge in [0.2, 0.25) is 5.91 Å². The summed E-state index contributed by atoms with van der Waals surface area (Å²) < 4.78 is 12.6. The van der Waals surface area contributed by atoms with Gasteiger partial charge in [0.1, 0.15) is 11.5 Å². The van der Waals surface area contributed by atoms with Gasteiger partial charge in [-0.1, -0.05) is 30.0 Å². The number of furan rings is 2. The molecule has 4 aromatic rings. The number of nitrogens with one attached hydrogen (secondary N) is 1. The molecule has 1 amide bonds. The van der Waals surface area contributed by atoms with Gasteiger partial charge in [-0.15, -0.1) is 10.2 Å². The molecule has 1 aromatic carbocycles. The molecule has 0 aliphatic rings. The van der Waals surface area contributed by atoms with Crippen LogP contribution in [0.25, 0.3) is 17.1 Å². The molecule has 0 atom stereocenters. The van der Waals surface area contributed by atoms with Crippen LogP contribution in [0.4, 0.5) is 0 Å². The lowest BCUT2D eigenvalue weighted by molar-refractivity contribution is -0.118. The zero-order chi connectivity index (χ0) is 19.3. The van der Waals surface area contributed by atoms with Crippen molar-refractivity contribution in [1.82, 2.24) is 20.1 Å². The first-order valence-electron chi connectivity index (χ1n) is 8.69. The smallest absolute Gasteiger partial charge is 0.230 e. The summed E-state index contributed by atoms with van der Waals surface area (Å²) in [5, 5.41) is 12.1. The Bertz CT molecular complexity index is 1050. The molecular weight excluding hydrogens is 376 g/mol. The SMILES string of the molecule is Cc1occc1-c1nnc(SCC(=O)NCc2ccco2)n1-c1ccccc1. The third kappa shape index (κ3) is 3.86. The number of amides is 1. The second kappa shape index (κ2) is 8.18. The monoisotopic (exact) mass is 394 g/mol. The van der Waals surface area contributed by atoms with E-state index in [1.54, 1.807) is 18.6 Å². The van der Waals surface area contributed by atoms with Crippen LogP contribution in [-0.2, 0) is 11.3 Å². The van der Waals surface area contributed by atoms with Crippen molar-refractivity contribution in [2.45, 2.75) is 18.6 Å². The maximum Gasteiger partial charge on any atom is 0.230 e. The van der Waals surface area contributed by atoms with E-state index in [0.717, 1.165) is 17.0 Å². The summed E-state index contributed by atoms with van der Waals surface area (Å²) in [6, 6.07) is 15.3. The number of aromatic nitrogens is 3. The van der Waals surface area contributed by atoms with Crippen LogP contribution in [0.3, 0.4) is 0 Å². The fraction of sp³-hybridized carbons (Fsp3) is 0.150. The maximum absolute atomic E-state index is 12.2. The third-order valence-electron chi connectivity index (χ3n) is 4.12. The topological polar surface area (TPSA) is 86.1 Å². The largest absolute Gasteiger partial charge is 0.469 e. The van der Waals surface area contributed by atoms with E-state index in [-0.39, 0.29) is 11.7 Å². The molecule has 0 saturated heterocycles. The van der Waals surface area contributed by atoms with Crippen LogP contribution in [0.1, 0.15) is 11.5 Å². The molecule has 0 aliphatic heterocycles. The molecule has 0 radical (unpaired) electrons. The lowest BCUT2D eigenvalue weighted by atomic mass is 10.2. The Labute approximate surface area is 165 Å². The van der Waals surface area contributed by atoms with Crippen molar-refractivity contribution >= 4 is 17.7 Å². The minimum absolute atomic E-state index is 0.106. The molecule has 0 aliphatic carbocycles. The first-order chi connectivity index (χ1) is 13.7. The van der Waals surface area contributed by atoms with Crippen molar-refractivity contribution in [3.8, 4) is 17.1 Å². The molecule has 1 N–H and O–H groups in total. The number of carbonyl (C=O) groups is 1. The van der Waals surface area contributed by atoms with Gasteiger partial charge in [-0.05, 0) is 37.3 Å². The van der Waals surface area contributed by atoms with Crippen molar-refractivity contribution in [2.75, 3.05) is 5.75 Å². The summed E-state index contributed by atoms with van der Waals surface area (Å²) in [7, 11) is 0. The Morgan fingerprint density at radius 2 is 1.93 bits per heavy atom. The van der Waals surface area contributed by atoms with Gasteiger partial charge < -0.3 is 14.2 Å². The number of rotatable bonds is 7. The molecule has 8 heteroatoms. The highest BCUT2D eigenvalue weighted by atomic mass is 32.2. The highest BCUT2D eigenvalue weighted by Gasteiger charge is 2.19. The van der Waals surface area contributed by atoms with Crippen molar-refractivity contribution in [1.29, 1.82) is 0 Å². The fourth-order valence-electron chi connectivity index (χ4n) is 2.74. The van der Waals surface area contributed by atoms with E-state index in [9.17, 15) is 4.79 Å². The Hall–Kier alpha value is -3.26. The number of hydrogen-bond donors (Lipinski definition) is 1. The molecule has 0 unspecified atom stereocenters. The molecule has 3 heterocycles. The van der Waals surface area contributed by atoms with E-state index in [0.29, 0.717) is 23.3 Å². The van der Waals surface area contributed by atoms with E-state index in [1.807, 2.05) is 54.0 Å². The summed E-state index contributed by atoms with van der Waals surface area (Å²) in [5.41, 5.74) is 1.78. The van der Waals surface area contributed by atoms with Crippen molar-refractivity contribution in [3.05, 3.63) is 72.6 Å². The second-order valence-electron chi connectivity index (χ2n) is 6.01. The van der Waals surface area contributed by atoms with E-state index in [4.69, 9.17) is 8.83 Å². The molecule has 7 nitrogen and oxygen atoms in total. The molecule has 0 bridgehead atoms. The fourth-order valence-corrected chi connectivity index (χ4v) is 3.53. The maximum atomic E-state index is 12.2. The number of thioether (sulfide) groups is 1. The first-order valence-corrected chi connectivity index (χ1v) is 9.68. The highest BCUT2D eigenvalue weighted by molar-refractivity contribution is 7.99. The molecule has 4 rings (SSSR count). The van der Waals surface area contributed by atoms with Crippen LogP contribution in [0.15, 0.2) is 75.0 Å². The van der Waals surface area contributed by atoms with Gasteiger partial charge in [-0.3, -0.25) is 9.36 Å². The number of benzene rings is 1. The molecule has 0 saturated carbocycles. The number of nitrogens with zero attached hydrogens (tertiary/aromatic N) is 3. The van der Waals surface area contributed by atoms with Crippen molar-refractivity contribution < 1.29 is 13.6 Å². The van der Waals surface area contributed by atoms with Gasteiger partial charge in [0.25, 0.3) is 0 Å². The first kappa shape index (κ1) is 18.1. The van der Waals surface area contributed by atoms with Crippen molar-refractivity contribution in [3.63, 3.8) is 0 Å². The third-order valence-corrected chi connectivity index (χ3v) is 5.05. The molecule has 0 fully saturated rings. The molecular formula is C20H18N4O3S. The second-order valence-corrected chi connectivity index (χ2v) is 6.95. The summed E-state index contributed by atoms with van der Waals surface area (Å²) >= 11 is 1.33. The van der Waals surface area contributed by atoms with Gasteiger partial charge in [-0.25, -0.2) is 0 Å². The number of hydrogen-bond acceptors (Lipinski definition) is 6. The molecule has 142 valence electrons. The van der Waals surface area contributed by atoms with Crippen LogP contribution < -0.4 is 5.32 Å². The molecule has 3 aromatic heterocycles. The molecule has 28 heavy (non-hydrogen) atoms. The predicted molar refractivity (Wildman–Crippen MR) is 105 cm³/mol. The van der Waals surface area contributed by atoms with Crippen LogP contribution in [0.5, 0.6) is 0 Å². The Morgan fingerprint density at radius 3 is 2.64 bits per heavy atom. The summed E-state index contributed by atoms with van der Waals surface area (Å²) in [6.45, 7) is 2.24. The summed E-state index contributed by atoms with van der Waals surface area (Å²) in [6.07, 6.45) is 3.21. The minimum Gasteiger partial charge on any atom is -0.469 e. The normalized spacial score (nSPS) is 10.9. The average Bonchev–Trinajstić information content (AvgIpc) is 3.46. The minimum atomic E-state index is -0.106. The Balaban J connectivity index is 1.54. The van der Waals surface area contributed by atoms with Crippen LogP contribution >= 0.6 is 11.8 Å². The lowest BCUT2D eigenvalue weighted by Crippen LogP contribution is -2.24. The zero-order valence-corrected chi connectivity index (χ0v) is 16.0. The average molecular weight is 394 g/mol. The van der Waals surface area contributed by atoms with E-state index >= 15 is 0 Å². The quantitative estimate of drug-likeness (QED) is 0.479. The van der Waals surface area contributed by atoms with Crippen molar-refractivity contribution in [2.24, 2.45) is 0 Å². The van der Waals surface area contributed by atoms with E-state index < -0.39 is 0 Å². The Morgan fingerprint density at radius 1 is 1.07 bits per heavy atom. The summed E-state index contributed by atoms with van der Waals surface area (Å²) in [4.78, 5) is 12.2. The van der Waals surface area contributed by atoms with Gasteiger partial charge in [0.05, 0.1) is 30.4 Å². The van der Waals surface area contributed by atoms with E-state index in [1.165, 1.54) is 11.8 Å². The number of para-hydroxylation sites is 1.